The monoisotopic (exact) mass is 257 g/mol. The second kappa shape index (κ2) is 4.23. The first-order chi connectivity index (χ1) is 9.11. The molecule has 1 aliphatic carbocycles. The Balaban J connectivity index is 2.39. The number of fused-ring (bicyclic) bond motifs is 1. The smallest absolute Gasteiger partial charge is 0.336 e. The van der Waals surface area contributed by atoms with Gasteiger partial charge in [0.05, 0.1) is 12.7 Å². The summed E-state index contributed by atoms with van der Waals surface area (Å²) in [6, 6.07) is 5.42. The van der Waals surface area contributed by atoms with E-state index in [2.05, 4.69) is 4.98 Å². The van der Waals surface area contributed by atoms with Gasteiger partial charge in [-0.05, 0) is 37.5 Å². The summed E-state index contributed by atoms with van der Waals surface area (Å²) in [7, 11) is 1.58. The van der Waals surface area contributed by atoms with Gasteiger partial charge in [-0.1, -0.05) is 6.07 Å². The summed E-state index contributed by atoms with van der Waals surface area (Å²) in [6.07, 6.45) is 2.18. The van der Waals surface area contributed by atoms with Gasteiger partial charge in [0.2, 0.25) is 0 Å². The van der Waals surface area contributed by atoms with E-state index in [-0.39, 0.29) is 0 Å². The Morgan fingerprint density at radius 3 is 2.74 bits per heavy atom. The predicted molar refractivity (Wildman–Crippen MR) is 72.0 cm³/mol. The molecule has 1 aromatic carbocycles. The van der Waals surface area contributed by atoms with E-state index in [0.29, 0.717) is 28.1 Å². The molecule has 4 heteroatoms. The summed E-state index contributed by atoms with van der Waals surface area (Å²) in [5, 5.41) is 10.1. The van der Waals surface area contributed by atoms with Crippen LogP contribution < -0.4 is 4.74 Å². The van der Waals surface area contributed by atoms with Crippen LogP contribution in [0, 0.1) is 6.92 Å². The second-order valence-corrected chi connectivity index (χ2v) is 4.98. The molecule has 1 aromatic heterocycles. The predicted octanol–water partition coefficient (Wildman–Crippen LogP) is 3.13. The fourth-order valence-electron chi connectivity index (χ4n) is 2.43. The number of pyridine rings is 1. The molecule has 1 N–H and O–H groups in total. The fraction of sp³-hybridized carbons (Fsp3) is 0.333. The van der Waals surface area contributed by atoms with Crippen molar-refractivity contribution in [1.29, 1.82) is 0 Å². The summed E-state index contributed by atoms with van der Waals surface area (Å²) in [4.78, 5) is 16.1. The van der Waals surface area contributed by atoms with Crippen LogP contribution in [0.25, 0.3) is 10.9 Å². The third-order valence-electron chi connectivity index (χ3n) is 3.60. The van der Waals surface area contributed by atoms with Crippen molar-refractivity contribution in [2.75, 3.05) is 7.11 Å². The normalized spacial score (nSPS) is 14.6. The van der Waals surface area contributed by atoms with Crippen molar-refractivity contribution in [2.45, 2.75) is 25.7 Å². The first-order valence-corrected chi connectivity index (χ1v) is 6.33. The molecule has 98 valence electrons. The van der Waals surface area contributed by atoms with E-state index in [1.165, 1.54) is 0 Å². The van der Waals surface area contributed by atoms with Crippen LogP contribution in [-0.4, -0.2) is 23.2 Å². The maximum absolute atomic E-state index is 11.5. The van der Waals surface area contributed by atoms with Crippen LogP contribution in [0.2, 0.25) is 0 Å². The molecule has 0 atom stereocenters. The Hall–Kier alpha value is -2.10. The largest absolute Gasteiger partial charge is 0.494 e. The number of carboxylic acids is 1. The van der Waals surface area contributed by atoms with E-state index in [1.807, 2.05) is 19.1 Å². The molecule has 1 aliphatic rings. The number of methoxy groups -OCH3 is 1. The van der Waals surface area contributed by atoms with E-state index in [0.717, 1.165) is 24.1 Å². The highest BCUT2D eigenvalue weighted by molar-refractivity contribution is 6.05. The van der Waals surface area contributed by atoms with Crippen molar-refractivity contribution in [3.8, 4) is 5.75 Å². The van der Waals surface area contributed by atoms with Gasteiger partial charge in [0.15, 0.2) is 0 Å². The van der Waals surface area contributed by atoms with Crippen molar-refractivity contribution in [3.05, 3.63) is 35.0 Å². The number of carbonyl (C=O) groups is 1. The molecule has 1 heterocycles. The molecule has 2 aromatic rings. The second-order valence-electron chi connectivity index (χ2n) is 4.98. The average molecular weight is 257 g/mol. The summed E-state index contributed by atoms with van der Waals surface area (Å²) < 4.78 is 5.32. The van der Waals surface area contributed by atoms with Gasteiger partial charge in [-0.2, -0.15) is 0 Å². The minimum absolute atomic E-state index is 0.322. The first kappa shape index (κ1) is 12.0. The number of hydrogen-bond donors (Lipinski definition) is 1. The summed E-state index contributed by atoms with van der Waals surface area (Å²) in [5.74, 6) is 0.129. The number of hydrogen-bond acceptors (Lipinski definition) is 3. The van der Waals surface area contributed by atoms with Crippen molar-refractivity contribution >= 4 is 16.9 Å². The standard InChI is InChI=1S/C15H15NO3/c1-8-3-6-12(19-2)14-13(8)10(15(17)18)7-11(16-14)9-4-5-9/h3,6-7,9H,4-5H2,1-2H3,(H,17,18). The number of aromatic carboxylic acids is 1. The number of ether oxygens (including phenoxy) is 1. The first-order valence-electron chi connectivity index (χ1n) is 6.33. The van der Waals surface area contributed by atoms with Crippen LogP contribution in [0.1, 0.15) is 40.4 Å². The highest BCUT2D eigenvalue weighted by atomic mass is 16.5. The molecule has 0 spiro atoms. The van der Waals surface area contributed by atoms with Crippen LogP contribution in [0.4, 0.5) is 0 Å². The maximum Gasteiger partial charge on any atom is 0.336 e. The van der Waals surface area contributed by atoms with Gasteiger partial charge in [0.1, 0.15) is 11.3 Å². The Labute approximate surface area is 111 Å². The van der Waals surface area contributed by atoms with Gasteiger partial charge in [-0.15, -0.1) is 0 Å². The number of aromatic nitrogens is 1. The van der Waals surface area contributed by atoms with Crippen LogP contribution in [0.15, 0.2) is 18.2 Å². The van der Waals surface area contributed by atoms with Gasteiger partial charge in [-0.3, -0.25) is 0 Å². The molecule has 4 nitrogen and oxygen atoms in total. The van der Waals surface area contributed by atoms with Crippen molar-refractivity contribution in [3.63, 3.8) is 0 Å². The van der Waals surface area contributed by atoms with Crippen molar-refractivity contribution in [2.24, 2.45) is 0 Å². The third kappa shape index (κ3) is 1.93. The SMILES string of the molecule is COc1ccc(C)c2c(C(=O)O)cc(C3CC3)nc12. The fourth-order valence-corrected chi connectivity index (χ4v) is 2.43. The van der Waals surface area contributed by atoms with Crippen molar-refractivity contribution < 1.29 is 14.6 Å². The Morgan fingerprint density at radius 2 is 2.16 bits per heavy atom. The lowest BCUT2D eigenvalue weighted by molar-refractivity contribution is 0.0699. The lowest BCUT2D eigenvalue weighted by atomic mass is 10.0. The van der Waals surface area contributed by atoms with Crippen LogP contribution in [0.3, 0.4) is 0 Å². The molecule has 0 saturated heterocycles. The molecule has 0 bridgehead atoms. The molecule has 0 unspecified atom stereocenters. The summed E-state index contributed by atoms with van der Waals surface area (Å²) in [6.45, 7) is 1.90. The zero-order chi connectivity index (χ0) is 13.6. The number of carboxylic acid groups (broad SMARTS) is 1. The third-order valence-corrected chi connectivity index (χ3v) is 3.60. The molecule has 0 aliphatic heterocycles. The lowest BCUT2D eigenvalue weighted by Gasteiger charge is -2.11. The topological polar surface area (TPSA) is 59.4 Å². The van der Waals surface area contributed by atoms with E-state index in [9.17, 15) is 9.90 Å². The van der Waals surface area contributed by atoms with Crippen LogP contribution in [-0.2, 0) is 0 Å². The minimum Gasteiger partial charge on any atom is -0.494 e. The molecule has 1 fully saturated rings. The van der Waals surface area contributed by atoms with E-state index < -0.39 is 5.97 Å². The summed E-state index contributed by atoms with van der Waals surface area (Å²) >= 11 is 0. The number of aryl methyl sites for hydroxylation is 1. The zero-order valence-corrected chi connectivity index (χ0v) is 10.9. The number of benzene rings is 1. The Kier molecular flexibility index (Phi) is 2.66. The van der Waals surface area contributed by atoms with Gasteiger partial charge in [-0.25, -0.2) is 9.78 Å². The Bertz CT molecular complexity index is 675. The molecule has 3 rings (SSSR count). The van der Waals surface area contributed by atoms with Gasteiger partial charge >= 0.3 is 5.97 Å². The quantitative estimate of drug-likeness (QED) is 0.917. The average Bonchev–Trinajstić information content (AvgIpc) is 3.22. The molecule has 0 amide bonds. The molecule has 1 saturated carbocycles. The van der Waals surface area contributed by atoms with E-state index in [1.54, 1.807) is 13.2 Å². The molecular weight excluding hydrogens is 242 g/mol. The molecular formula is C15H15NO3. The van der Waals surface area contributed by atoms with Gasteiger partial charge < -0.3 is 9.84 Å². The van der Waals surface area contributed by atoms with E-state index >= 15 is 0 Å². The van der Waals surface area contributed by atoms with Gasteiger partial charge in [0.25, 0.3) is 0 Å². The maximum atomic E-state index is 11.5. The lowest BCUT2D eigenvalue weighted by Crippen LogP contribution is -2.03. The zero-order valence-electron chi connectivity index (χ0n) is 10.9. The Morgan fingerprint density at radius 1 is 1.42 bits per heavy atom. The van der Waals surface area contributed by atoms with Crippen LogP contribution in [0.5, 0.6) is 5.75 Å². The highest BCUT2D eigenvalue weighted by Crippen LogP contribution is 2.41. The molecule has 19 heavy (non-hydrogen) atoms. The molecule has 0 radical (unpaired) electrons. The number of nitrogens with zero attached hydrogens (tertiary/aromatic N) is 1. The summed E-state index contributed by atoms with van der Waals surface area (Å²) in [5.41, 5.74) is 2.75. The van der Waals surface area contributed by atoms with Gasteiger partial charge in [0, 0.05) is 17.0 Å². The van der Waals surface area contributed by atoms with Crippen LogP contribution >= 0.6 is 0 Å². The van der Waals surface area contributed by atoms with Crippen molar-refractivity contribution in [1.82, 2.24) is 4.98 Å². The minimum atomic E-state index is -0.911. The number of rotatable bonds is 3. The van der Waals surface area contributed by atoms with E-state index in [4.69, 9.17) is 4.74 Å². The highest BCUT2D eigenvalue weighted by Gasteiger charge is 2.27.